The number of nitrogens with one attached hydrogen (secondary N) is 1. The van der Waals surface area contributed by atoms with Crippen LogP contribution in [0, 0.1) is 0 Å². The van der Waals surface area contributed by atoms with Crippen LogP contribution in [-0.2, 0) is 20.7 Å². The van der Waals surface area contributed by atoms with Gasteiger partial charge in [0.25, 0.3) is 0 Å². The highest BCUT2D eigenvalue weighted by atomic mass is 16.5. The molecule has 180 valence electrons. The first-order chi connectivity index (χ1) is 15.6. The van der Waals surface area contributed by atoms with Crippen LogP contribution in [0.5, 0.6) is 0 Å². The molecule has 1 saturated heterocycles. The molecule has 0 aliphatic carbocycles. The van der Waals surface area contributed by atoms with Crippen LogP contribution in [-0.4, -0.2) is 57.8 Å². The number of amides is 3. The van der Waals surface area contributed by atoms with E-state index in [2.05, 4.69) is 5.32 Å². The van der Waals surface area contributed by atoms with Crippen LogP contribution < -0.4 is 11.1 Å². The van der Waals surface area contributed by atoms with Gasteiger partial charge < -0.3 is 19.2 Å². The Bertz CT molecular complexity index is 1080. The van der Waals surface area contributed by atoms with E-state index in [1.54, 1.807) is 6.07 Å². The third kappa shape index (κ3) is 5.81. The summed E-state index contributed by atoms with van der Waals surface area (Å²) in [5.74, 6) is -1.46. The van der Waals surface area contributed by atoms with Crippen LogP contribution in [0.4, 0.5) is 4.79 Å². The standard InChI is InChI=1S/C23H31N3O7/c1-23(2,3)25(21(29)30)12-6-14-32-13-5-8-15-7-4-9-16-19(15)33-22(31)26(16)17-10-11-18(27)24-20(17)28/h4,7,9,17H,5-6,8,10-14H2,1-3H3,(H,29,30)(H,24,27,28). The topological polar surface area (TPSA) is 131 Å². The summed E-state index contributed by atoms with van der Waals surface area (Å²) in [6.45, 7) is 6.90. The number of rotatable bonds is 9. The third-order valence-electron chi connectivity index (χ3n) is 5.69. The summed E-state index contributed by atoms with van der Waals surface area (Å²) in [6, 6.07) is 4.64. The van der Waals surface area contributed by atoms with Crippen LogP contribution in [0.3, 0.4) is 0 Å². The largest absolute Gasteiger partial charge is 0.465 e. The lowest BCUT2D eigenvalue weighted by atomic mass is 10.0. The zero-order valence-corrected chi connectivity index (χ0v) is 19.3. The number of aryl methyl sites for hydroxylation is 1. The van der Waals surface area contributed by atoms with E-state index in [1.807, 2.05) is 32.9 Å². The monoisotopic (exact) mass is 461 g/mol. The van der Waals surface area contributed by atoms with E-state index >= 15 is 0 Å². The van der Waals surface area contributed by atoms with E-state index in [-0.39, 0.29) is 18.7 Å². The minimum Gasteiger partial charge on any atom is -0.465 e. The highest BCUT2D eigenvalue weighted by Gasteiger charge is 2.31. The molecule has 1 fully saturated rings. The fourth-order valence-electron chi connectivity index (χ4n) is 4.04. The van der Waals surface area contributed by atoms with Gasteiger partial charge in [-0.1, -0.05) is 12.1 Å². The zero-order valence-electron chi connectivity index (χ0n) is 19.3. The summed E-state index contributed by atoms with van der Waals surface area (Å²) in [5.41, 5.74) is 1.35. The summed E-state index contributed by atoms with van der Waals surface area (Å²) in [6.07, 6.45) is 1.39. The molecule has 3 amide bonds. The molecule has 0 saturated carbocycles. The minimum absolute atomic E-state index is 0.173. The van der Waals surface area contributed by atoms with Crippen molar-refractivity contribution < 1.29 is 28.6 Å². The lowest BCUT2D eigenvalue weighted by Gasteiger charge is -2.33. The van der Waals surface area contributed by atoms with Crippen molar-refractivity contribution in [2.75, 3.05) is 19.8 Å². The number of benzene rings is 1. The molecule has 1 aliphatic rings. The fourth-order valence-corrected chi connectivity index (χ4v) is 4.04. The van der Waals surface area contributed by atoms with Gasteiger partial charge in [0.2, 0.25) is 11.8 Å². The Morgan fingerprint density at radius 1 is 1.24 bits per heavy atom. The maximum absolute atomic E-state index is 12.5. The van der Waals surface area contributed by atoms with Gasteiger partial charge in [0.05, 0.1) is 5.52 Å². The number of carbonyl (C=O) groups is 3. The quantitative estimate of drug-likeness (QED) is 0.433. The lowest BCUT2D eigenvalue weighted by Crippen LogP contribution is -2.45. The predicted octanol–water partition coefficient (Wildman–Crippen LogP) is 2.69. The van der Waals surface area contributed by atoms with E-state index in [4.69, 9.17) is 9.15 Å². The molecular formula is C23H31N3O7. The Hall–Kier alpha value is -3.14. The second-order valence-electron chi connectivity index (χ2n) is 9.14. The van der Waals surface area contributed by atoms with Crippen molar-refractivity contribution in [3.8, 4) is 0 Å². The summed E-state index contributed by atoms with van der Waals surface area (Å²) < 4.78 is 12.5. The number of piperidine rings is 1. The summed E-state index contributed by atoms with van der Waals surface area (Å²) >= 11 is 0. The zero-order chi connectivity index (χ0) is 24.2. The fraction of sp³-hybridized carbons (Fsp3) is 0.565. The molecule has 0 radical (unpaired) electrons. The van der Waals surface area contributed by atoms with Crippen molar-refractivity contribution in [1.29, 1.82) is 0 Å². The van der Waals surface area contributed by atoms with E-state index < -0.39 is 29.3 Å². The number of hydrogen-bond donors (Lipinski definition) is 2. The van der Waals surface area contributed by atoms with Crippen molar-refractivity contribution in [3.05, 3.63) is 34.3 Å². The molecule has 3 rings (SSSR count). The molecule has 0 spiro atoms. The SMILES string of the molecule is CC(C)(C)N(CCCOCCCc1cccc2c1oc(=O)n2C1CCC(=O)NC1=O)C(=O)O. The van der Waals surface area contributed by atoms with Gasteiger partial charge in [-0.3, -0.25) is 19.5 Å². The maximum atomic E-state index is 12.5. The van der Waals surface area contributed by atoms with Crippen LogP contribution in [0.15, 0.2) is 27.4 Å². The average molecular weight is 462 g/mol. The Balaban J connectivity index is 1.55. The van der Waals surface area contributed by atoms with E-state index in [0.29, 0.717) is 50.1 Å². The number of carboxylic acid groups (broad SMARTS) is 1. The number of hydrogen-bond acceptors (Lipinski definition) is 6. The highest BCUT2D eigenvalue weighted by Crippen LogP contribution is 2.25. The van der Waals surface area contributed by atoms with Gasteiger partial charge in [0.1, 0.15) is 6.04 Å². The van der Waals surface area contributed by atoms with Crippen molar-refractivity contribution >= 4 is 29.0 Å². The van der Waals surface area contributed by atoms with Crippen molar-refractivity contribution in [3.63, 3.8) is 0 Å². The molecule has 2 N–H and O–H groups in total. The van der Waals surface area contributed by atoms with Crippen molar-refractivity contribution in [2.24, 2.45) is 0 Å². The second-order valence-corrected chi connectivity index (χ2v) is 9.14. The summed E-state index contributed by atoms with van der Waals surface area (Å²) in [4.78, 5) is 48.9. The molecule has 1 atom stereocenters. The molecule has 2 aromatic rings. The smallest absolute Gasteiger partial charge is 0.420 e. The molecule has 1 unspecified atom stereocenters. The minimum atomic E-state index is -0.943. The molecule has 2 heterocycles. The number of nitrogens with zero attached hydrogens (tertiary/aromatic N) is 2. The average Bonchev–Trinajstić information content (AvgIpc) is 3.05. The first kappa shape index (κ1) is 24.5. The van der Waals surface area contributed by atoms with Gasteiger partial charge in [-0.05, 0) is 58.1 Å². The van der Waals surface area contributed by atoms with Crippen LogP contribution in [0.1, 0.15) is 58.1 Å². The number of fused-ring (bicyclic) bond motifs is 1. The van der Waals surface area contributed by atoms with Gasteiger partial charge in [0, 0.05) is 31.7 Å². The first-order valence-corrected chi connectivity index (χ1v) is 11.1. The Morgan fingerprint density at radius 3 is 2.64 bits per heavy atom. The van der Waals surface area contributed by atoms with Gasteiger partial charge in [0.15, 0.2) is 5.58 Å². The molecule has 1 aliphatic heterocycles. The van der Waals surface area contributed by atoms with Crippen molar-refractivity contribution in [1.82, 2.24) is 14.8 Å². The maximum Gasteiger partial charge on any atom is 0.420 e. The molecule has 1 aromatic heterocycles. The number of imide groups is 1. The van der Waals surface area contributed by atoms with Gasteiger partial charge >= 0.3 is 11.8 Å². The normalized spacial score (nSPS) is 16.8. The second kappa shape index (κ2) is 10.2. The Labute approximate surface area is 191 Å². The third-order valence-corrected chi connectivity index (χ3v) is 5.69. The van der Waals surface area contributed by atoms with Crippen LogP contribution in [0.2, 0.25) is 0 Å². The first-order valence-electron chi connectivity index (χ1n) is 11.1. The van der Waals surface area contributed by atoms with Gasteiger partial charge in [-0.2, -0.15) is 0 Å². The Morgan fingerprint density at radius 2 is 1.97 bits per heavy atom. The van der Waals surface area contributed by atoms with E-state index in [9.17, 15) is 24.3 Å². The number of para-hydroxylation sites is 1. The molecule has 0 bridgehead atoms. The molecular weight excluding hydrogens is 430 g/mol. The molecule has 10 nitrogen and oxygen atoms in total. The number of carbonyl (C=O) groups excluding carboxylic acids is 2. The molecule has 1 aromatic carbocycles. The Kier molecular flexibility index (Phi) is 7.57. The summed E-state index contributed by atoms with van der Waals surface area (Å²) in [7, 11) is 0. The van der Waals surface area contributed by atoms with E-state index in [1.165, 1.54) is 9.47 Å². The lowest BCUT2D eigenvalue weighted by molar-refractivity contribution is -0.135. The highest BCUT2D eigenvalue weighted by molar-refractivity contribution is 6.00. The van der Waals surface area contributed by atoms with Gasteiger partial charge in [-0.25, -0.2) is 9.59 Å². The van der Waals surface area contributed by atoms with E-state index in [0.717, 1.165) is 5.56 Å². The molecule has 33 heavy (non-hydrogen) atoms. The number of aromatic nitrogens is 1. The molecule has 10 heteroatoms. The number of ether oxygens (including phenoxy) is 1. The van der Waals surface area contributed by atoms with Gasteiger partial charge in [-0.15, -0.1) is 0 Å². The van der Waals surface area contributed by atoms with Crippen molar-refractivity contribution in [2.45, 2.75) is 64.5 Å². The predicted molar refractivity (Wildman–Crippen MR) is 120 cm³/mol. The summed E-state index contributed by atoms with van der Waals surface area (Å²) in [5, 5.41) is 11.6. The van der Waals surface area contributed by atoms with Crippen LogP contribution in [0.25, 0.3) is 11.1 Å². The number of oxazole rings is 1. The van der Waals surface area contributed by atoms with Crippen LogP contribution >= 0.6 is 0 Å².